The number of carbonyl (C=O) groups excluding carboxylic acids is 1. The number of aryl methyl sites for hydroxylation is 1. The molecule has 0 heterocycles. The highest BCUT2D eigenvalue weighted by Crippen LogP contribution is 2.16. The van der Waals surface area contributed by atoms with E-state index in [0.29, 0.717) is 25.0 Å². The third-order valence-corrected chi connectivity index (χ3v) is 3.76. The summed E-state index contributed by atoms with van der Waals surface area (Å²) in [5.74, 6) is 0.736. The topological polar surface area (TPSA) is 50.1 Å². The average molecular weight is 333 g/mol. The van der Waals surface area contributed by atoms with Crippen LogP contribution in [-0.2, 0) is 6.42 Å². The van der Waals surface area contributed by atoms with Gasteiger partial charge < -0.3 is 4.74 Å². The number of nitrogens with zero attached hydrogens (tertiary/aromatic N) is 1. The second-order valence-electron chi connectivity index (χ2n) is 5.83. The summed E-state index contributed by atoms with van der Waals surface area (Å²) < 4.78 is 5.61. The van der Waals surface area contributed by atoms with Crippen LogP contribution >= 0.6 is 0 Å². The second kappa shape index (κ2) is 10.1. The van der Waals surface area contributed by atoms with Gasteiger partial charge >= 0.3 is 0 Å². The summed E-state index contributed by atoms with van der Waals surface area (Å²) in [5, 5.41) is 8.52. The molecule has 0 N–H and O–H groups in total. The van der Waals surface area contributed by atoms with Crippen molar-refractivity contribution in [2.45, 2.75) is 32.6 Å². The highest BCUT2D eigenvalue weighted by Gasteiger charge is 2.02. The van der Waals surface area contributed by atoms with Gasteiger partial charge in [-0.2, -0.15) is 5.26 Å². The molecule has 0 fully saturated rings. The number of rotatable bonds is 9. The van der Waals surface area contributed by atoms with E-state index in [-0.39, 0.29) is 5.78 Å². The van der Waals surface area contributed by atoms with Gasteiger partial charge in [-0.3, -0.25) is 4.79 Å². The molecule has 2 aromatic carbocycles. The normalized spacial score (nSPS) is 10.6. The molecule has 3 nitrogen and oxygen atoms in total. The Bertz CT molecular complexity index is 754. The lowest BCUT2D eigenvalue weighted by atomic mass is 10.0. The number of ketones is 1. The van der Waals surface area contributed by atoms with Gasteiger partial charge in [0.25, 0.3) is 0 Å². The molecule has 0 unspecified atom stereocenters. The van der Waals surface area contributed by atoms with Gasteiger partial charge in [-0.05, 0) is 42.2 Å². The van der Waals surface area contributed by atoms with Crippen LogP contribution in [0, 0.1) is 11.3 Å². The molecule has 2 aromatic rings. The Morgan fingerprint density at radius 1 is 1.20 bits per heavy atom. The largest absolute Gasteiger partial charge is 0.494 e. The van der Waals surface area contributed by atoms with Gasteiger partial charge in [0.15, 0.2) is 5.78 Å². The van der Waals surface area contributed by atoms with Crippen LogP contribution < -0.4 is 4.74 Å². The quantitative estimate of drug-likeness (QED) is 0.359. The standard InChI is InChI=1S/C22H23NO2/c1-2-6-18-9-12-20(13-10-18)22(24)14-11-19-7-5-8-21(17-19)25-16-4-3-15-23/h5,7-14,17H,2-4,6,16H2,1H3/b14-11+. The van der Waals surface area contributed by atoms with Gasteiger partial charge in [0.2, 0.25) is 0 Å². The van der Waals surface area contributed by atoms with Crippen molar-refractivity contribution in [3.05, 3.63) is 71.3 Å². The minimum absolute atomic E-state index is 0.0107. The van der Waals surface area contributed by atoms with Crippen molar-refractivity contribution in [1.29, 1.82) is 5.26 Å². The Morgan fingerprint density at radius 3 is 2.72 bits per heavy atom. The van der Waals surface area contributed by atoms with E-state index in [4.69, 9.17) is 10.00 Å². The number of unbranched alkanes of at least 4 members (excludes halogenated alkanes) is 1. The van der Waals surface area contributed by atoms with Gasteiger partial charge in [-0.15, -0.1) is 0 Å². The monoisotopic (exact) mass is 333 g/mol. The molecular formula is C22H23NO2. The summed E-state index contributed by atoms with van der Waals surface area (Å²) in [5.41, 5.74) is 2.86. The van der Waals surface area contributed by atoms with Gasteiger partial charge in [0.1, 0.15) is 5.75 Å². The van der Waals surface area contributed by atoms with Crippen molar-refractivity contribution in [3.8, 4) is 11.8 Å². The van der Waals surface area contributed by atoms with Crippen molar-refractivity contribution in [2.24, 2.45) is 0 Å². The molecule has 0 aliphatic carbocycles. The number of ether oxygens (including phenoxy) is 1. The Balaban J connectivity index is 1.96. The fraction of sp³-hybridized carbons (Fsp3) is 0.273. The van der Waals surface area contributed by atoms with Gasteiger partial charge in [0, 0.05) is 12.0 Å². The van der Waals surface area contributed by atoms with Crippen molar-refractivity contribution < 1.29 is 9.53 Å². The predicted octanol–water partition coefficient (Wildman–Crippen LogP) is 5.22. The Labute approximate surface area is 149 Å². The first-order valence-corrected chi connectivity index (χ1v) is 8.64. The number of carbonyl (C=O) groups is 1. The van der Waals surface area contributed by atoms with Crippen molar-refractivity contribution in [3.63, 3.8) is 0 Å². The maximum absolute atomic E-state index is 12.3. The molecular weight excluding hydrogens is 310 g/mol. The minimum atomic E-state index is -0.0107. The zero-order chi connectivity index (χ0) is 17.9. The van der Waals surface area contributed by atoms with Crippen molar-refractivity contribution in [2.75, 3.05) is 6.61 Å². The summed E-state index contributed by atoms with van der Waals surface area (Å²) >= 11 is 0. The summed E-state index contributed by atoms with van der Waals surface area (Å²) in [6.45, 7) is 2.66. The first kappa shape index (κ1) is 18.5. The number of nitriles is 1. The maximum Gasteiger partial charge on any atom is 0.185 e. The molecule has 0 aliphatic heterocycles. The lowest BCUT2D eigenvalue weighted by molar-refractivity contribution is 0.104. The van der Waals surface area contributed by atoms with Crippen LogP contribution in [-0.4, -0.2) is 12.4 Å². The summed E-state index contributed by atoms with van der Waals surface area (Å²) in [4.78, 5) is 12.3. The van der Waals surface area contributed by atoms with E-state index < -0.39 is 0 Å². The van der Waals surface area contributed by atoms with E-state index in [1.54, 1.807) is 12.2 Å². The lowest BCUT2D eigenvalue weighted by Gasteiger charge is -2.05. The lowest BCUT2D eigenvalue weighted by Crippen LogP contribution is -1.97. The van der Waals surface area contributed by atoms with E-state index in [1.165, 1.54) is 5.56 Å². The Morgan fingerprint density at radius 2 is 2.00 bits per heavy atom. The molecule has 2 rings (SSSR count). The highest BCUT2D eigenvalue weighted by molar-refractivity contribution is 6.06. The van der Waals surface area contributed by atoms with E-state index in [1.807, 2.05) is 48.5 Å². The smallest absolute Gasteiger partial charge is 0.185 e. The molecule has 0 aliphatic rings. The van der Waals surface area contributed by atoms with E-state index in [9.17, 15) is 4.79 Å². The first-order chi connectivity index (χ1) is 12.2. The molecule has 0 aromatic heterocycles. The van der Waals surface area contributed by atoms with Gasteiger partial charge in [-0.25, -0.2) is 0 Å². The third kappa shape index (κ3) is 6.27. The van der Waals surface area contributed by atoms with E-state index in [2.05, 4.69) is 13.0 Å². The van der Waals surface area contributed by atoms with Crippen LogP contribution in [0.25, 0.3) is 6.08 Å². The molecule has 0 spiro atoms. The fourth-order valence-corrected chi connectivity index (χ4v) is 2.44. The molecule has 0 saturated heterocycles. The van der Waals surface area contributed by atoms with Crippen molar-refractivity contribution in [1.82, 2.24) is 0 Å². The summed E-state index contributed by atoms with van der Waals surface area (Å²) in [6, 6.07) is 17.5. The van der Waals surface area contributed by atoms with Crippen LogP contribution in [0.1, 0.15) is 47.7 Å². The van der Waals surface area contributed by atoms with Crippen LogP contribution in [0.2, 0.25) is 0 Å². The van der Waals surface area contributed by atoms with E-state index >= 15 is 0 Å². The Hall–Kier alpha value is -2.86. The first-order valence-electron chi connectivity index (χ1n) is 8.64. The van der Waals surface area contributed by atoms with Crippen molar-refractivity contribution >= 4 is 11.9 Å². The molecule has 25 heavy (non-hydrogen) atoms. The summed E-state index contributed by atoms with van der Waals surface area (Å²) in [6.07, 6.45) is 6.72. The SMILES string of the molecule is CCCc1ccc(C(=O)/C=C/c2cccc(OCCCC#N)c2)cc1. The number of benzene rings is 2. The number of allylic oxidation sites excluding steroid dienone is 1. The molecule has 0 bridgehead atoms. The zero-order valence-electron chi connectivity index (χ0n) is 14.6. The van der Waals surface area contributed by atoms with Gasteiger partial charge in [-0.1, -0.05) is 55.8 Å². The third-order valence-electron chi connectivity index (χ3n) is 3.76. The van der Waals surface area contributed by atoms with Gasteiger partial charge in [0.05, 0.1) is 12.7 Å². The molecule has 0 radical (unpaired) electrons. The van der Waals surface area contributed by atoms with Crippen LogP contribution in [0.15, 0.2) is 54.6 Å². The van der Waals surface area contributed by atoms with E-state index in [0.717, 1.165) is 24.2 Å². The maximum atomic E-state index is 12.3. The number of hydrogen-bond donors (Lipinski definition) is 0. The second-order valence-corrected chi connectivity index (χ2v) is 5.83. The number of hydrogen-bond acceptors (Lipinski definition) is 3. The molecule has 3 heteroatoms. The highest BCUT2D eigenvalue weighted by atomic mass is 16.5. The molecule has 0 atom stereocenters. The fourth-order valence-electron chi connectivity index (χ4n) is 2.44. The zero-order valence-corrected chi connectivity index (χ0v) is 14.6. The molecule has 0 amide bonds. The summed E-state index contributed by atoms with van der Waals surface area (Å²) in [7, 11) is 0. The average Bonchev–Trinajstić information content (AvgIpc) is 2.64. The Kier molecular flexibility index (Phi) is 7.46. The van der Waals surface area contributed by atoms with Crippen LogP contribution in [0.3, 0.4) is 0 Å². The van der Waals surface area contributed by atoms with Crippen LogP contribution in [0.4, 0.5) is 0 Å². The van der Waals surface area contributed by atoms with Crippen LogP contribution in [0.5, 0.6) is 5.75 Å². The molecule has 128 valence electrons. The predicted molar refractivity (Wildman–Crippen MR) is 101 cm³/mol. The molecule has 0 saturated carbocycles. The minimum Gasteiger partial charge on any atom is -0.494 e.